The smallest absolute Gasteiger partial charge is 0.316 e. The summed E-state index contributed by atoms with van der Waals surface area (Å²) in [5.74, 6) is -0.182. The Balaban J connectivity index is 1.43. The second kappa shape index (κ2) is 10.2. The molecule has 3 rings (SSSR count). The molecular formula is C20H18BrClN4O4. The van der Waals surface area contributed by atoms with Gasteiger partial charge in [-0.05, 0) is 37.3 Å². The predicted octanol–water partition coefficient (Wildman–Crippen LogP) is 3.47. The molecule has 30 heavy (non-hydrogen) atoms. The van der Waals surface area contributed by atoms with E-state index in [2.05, 4.69) is 36.7 Å². The van der Waals surface area contributed by atoms with Crippen LogP contribution in [0.1, 0.15) is 17.6 Å². The minimum absolute atomic E-state index is 0.178. The zero-order valence-corrected chi connectivity index (χ0v) is 18.2. The van der Waals surface area contributed by atoms with Crippen LogP contribution in [-0.2, 0) is 4.79 Å². The summed E-state index contributed by atoms with van der Waals surface area (Å²) in [7, 11) is 0. The van der Waals surface area contributed by atoms with Gasteiger partial charge < -0.3 is 19.9 Å². The lowest BCUT2D eigenvalue weighted by molar-refractivity contribution is -0.127. The first-order valence-electron chi connectivity index (χ1n) is 9.00. The van der Waals surface area contributed by atoms with Gasteiger partial charge in [-0.3, -0.25) is 9.59 Å². The van der Waals surface area contributed by atoms with Gasteiger partial charge in [0.25, 0.3) is 5.91 Å². The van der Waals surface area contributed by atoms with Crippen LogP contribution in [0.5, 0.6) is 5.75 Å². The van der Waals surface area contributed by atoms with Crippen LogP contribution in [0, 0.1) is 0 Å². The topological polar surface area (TPSA) is 106 Å². The highest BCUT2D eigenvalue weighted by molar-refractivity contribution is 9.10. The Morgan fingerprint density at radius 2 is 1.93 bits per heavy atom. The van der Waals surface area contributed by atoms with Crippen molar-refractivity contribution in [2.45, 2.75) is 13.0 Å². The Morgan fingerprint density at radius 3 is 2.70 bits per heavy atom. The minimum Gasteiger partial charge on any atom is -0.481 e. The van der Waals surface area contributed by atoms with E-state index in [9.17, 15) is 9.59 Å². The van der Waals surface area contributed by atoms with Gasteiger partial charge in [0.1, 0.15) is 5.75 Å². The van der Waals surface area contributed by atoms with Crippen LogP contribution < -0.4 is 15.4 Å². The lowest BCUT2D eigenvalue weighted by atomic mass is 10.2. The zero-order valence-electron chi connectivity index (χ0n) is 15.9. The van der Waals surface area contributed by atoms with Gasteiger partial charge in [-0.1, -0.05) is 50.9 Å². The van der Waals surface area contributed by atoms with Crippen LogP contribution in [0.4, 0.5) is 0 Å². The largest absolute Gasteiger partial charge is 0.481 e. The lowest BCUT2D eigenvalue weighted by Crippen LogP contribution is -2.40. The first-order valence-corrected chi connectivity index (χ1v) is 10.2. The van der Waals surface area contributed by atoms with E-state index in [1.165, 1.54) is 0 Å². The average Bonchev–Trinajstić information content (AvgIpc) is 3.21. The first kappa shape index (κ1) is 21.8. The maximum absolute atomic E-state index is 12.1. The van der Waals surface area contributed by atoms with Crippen molar-refractivity contribution in [3.8, 4) is 17.1 Å². The van der Waals surface area contributed by atoms with E-state index in [-0.39, 0.29) is 30.7 Å². The fourth-order valence-electron chi connectivity index (χ4n) is 2.44. The van der Waals surface area contributed by atoms with Crippen LogP contribution in [0.25, 0.3) is 11.4 Å². The molecule has 0 bridgehead atoms. The summed E-state index contributed by atoms with van der Waals surface area (Å²) in [4.78, 5) is 28.3. The summed E-state index contributed by atoms with van der Waals surface area (Å²) >= 11 is 9.28. The minimum atomic E-state index is -0.689. The molecule has 1 unspecified atom stereocenters. The molecule has 0 aliphatic rings. The summed E-state index contributed by atoms with van der Waals surface area (Å²) in [5.41, 5.74) is 0.636. The van der Waals surface area contributed by atoms with Gasteiger partial charge in [-0.25, -0.2) is 0 Å². The molecule has 2 amide bonds. The van der Waals surface area contributed by atoms with Crippen molar-refractivity contribution in [3.05, 3.63) is 63.9 Å². The Bertz CT molecular complexity index is 1040. The molecule has 2 aromatic carbocycles. The van der Waals surface area contributed by atoms with Crippen molar-refractivity contribution in [1.82, 2.24) is 20.8 Å². The molecule has 0 aliphatic carbocycles. The molecule has 0 saturated heterocycles. The van der Waals surface area contributed by atoms with Crippen molar-refractivity contribution in [3.63, 3.8) is 0 Å². The van der Waals surface area contributed by atoms with E-state index in [1.54, 1.807) is 43.3 Å². The number of amides is 2. The van der Waals surface area contributed by atoms with Gasteiger partial charge in [0, 0.05) is 28.1 Å². The first-order chi connectivity index (χ1) is 14.4. The molecule has 3 aromatic rings. The van der Waals surface area contributed by atoms with Gasteiger partial charge in [0.15, 0.2) is 6.10 Å². The normalized spacial score (nSPS) is 11.6. The molecule has 1 atom stereocenters. The van der Waals surface area contributed by atoms with E-state index in [4.69, 9.17) is 20.9 Å². The molecule has 2 N–H and O–H groups in total. The number of benzene rings is 2. The van der Waals surface area contributed by atoms with Crippen molar-refractivity contribution in [2.24, 2.45) is 0 Å². The molecule has 0 saturated carbocycles. The second-order valence-corrected chi connectivity index (χ2v) is 7.55. The molecule has 8 nitrogen and oxygen atoms in total. The van der Waals surface area contributed by atoms with Crippen LogP contribution in [0.15, 0.2) is 57.5 Å². The Kier molecular flexibility index (Phi) is 7.42. The van der Waals surface area contributed by atoms with Gasteiger partial charge >= 0.3 is 11.8 Å². The Morgan fingerprint density at radius 1 is 1.17 bits per heavy atom. The third kappa shape index (κ3) is 6.04. The standard InChI is InChI=1S/C20H18BrClN4O4/c1-12(29-16-7-3-5-14(21)11-16)18(27)23-8-9-24-19(28)20-25-17(26-30-20)13-4-2-6-15(22)10-13/h2-7,10-12H,8-9H2,1H3,(H,23,27)(H,24,28). The van der Waals surface area contributed by atoms with E-state index < -0.39 is 12.0 Å². The van der Waals surface area contributed by atoms with E-state index >= 15 is 0 Å². The number of carbonyl (C=O) groups excluding carboxylic acids is 2. The monoisotopic (exact) mass is 492 g/mol. The van der Waals surface area contributed by atoms with Crippen LogP contribution in [0.2, 0.25) is 5.02 Å². The molecule has 156 valence electrons. The van der Waals surface area contributed by atoms with Crippen molar-refractivity contribution in [2.75, 3.05) is 13.1 Å². The number of halogens is 2. The fourth-order valence-corrected chi connectivity index (χ4v) is 3.01. The summed E-state index contributed by atoms with van der Waals surface area (Å²) in [6.45, 7) is 2.04. The van der Waals surface area contributed by atoms with Gasteiger partial charge in [0.2, 0.25) is 5.82 Å². The number of ether oxygens (including phenoxy) is 1. The Hall–Kier alpha value is -2.91. The molecule has 1 heterocycles. The number of nitrogens with zero attached hydrogens (tertiary/aromatic N) is 2. The number of carbonyl (C=O) groups is 2. The summed E-state index contributed by atoms with van der Waals surface area (Å²) in [6.07, 6.45) is -0.689. The maximum Gasteiger partial charge on any atom is 0.316 e. The SMILES string of the molecule is CC(Oc1cccc(Br)c1)C(=O)NCCNC(=O)c1nc(-c2cccc(Cl)c2)no1. The van der Waals surface area contributed by atoms with Crippen molar-refractivity contribution < 1.29 is 18.8 Å². The van der Waals surface area contributed by atoms with Crippen molar-refractivity contribution >= 4 is 39.3 Å². The number of rotatable bonds is 8. The molecule has 0 aliphatic heterocycles. The van der Waals surface area contributed by atoms with Gasteiger partial charge in [0.05, 0.1) is 0 Å². The van der Waals surface area contributed by atoms with E-state index in [0.29, 0.717) is 16.3 Å². The summed E-state index contributed by atoms with van der Waals surface area (Å²) in [6, 6.07) is 14.1. The van der Waals surface area contributed by atoms with Gasteiger partial charge in [-0.2, -0.15) is 4.98 Å². The summed E-state index contributed by atoms with van der Waals surface area (Å²) in [5, 5.41) is 9.60. The number of hydrogen-bond acceptors (Lipinski definition) is 6. The van der Waals surface area contributed by atoms with E-state index in [0.717, 1.165) is 4.47 Å². The highest BCUT2D eigenvalue weighted by Gasteiger charge is 2.17. The number of hydrogen-bond donors (Lipinski definition) is 2. The quantitative estimate of drug-likeness (QED) is 0.466. The third-order valence-corrected chi connectivity index (χ3v) is 4.62. The molecule has 0 spiro atoms. The number of aromatic nitrogens is 2. The van der Waals surface area contributed by atoms with Crippen molar-refractivity contribution in [1.29, 1.82) is 0 Å². The maximum atomic E-state index is 12.1. The van der Waals surface area contributed by atoms with Gasteiger partial charge in [-0.15, -0.1) is 0 Å². The van der Waals surface area contributed by atoms with E-state index in [1.807, 2.05) is 12.1 Å². The molecule has 10 heteroatoms. The predicted molar refractivity (Wildman–Crippen MR) is 114 cm³/mol. The average molecular weight is 494 g/mol. The fraction of sp³-hybridized carbons (Fsp3) is 0.200. The highest BCUT2D eigenvalue weighted by Crippen LogP contribution is 2.20. The molecule has 0 fully saturated rings. The van der Waals surface area contributed by atoms with Crippen LogP contribution in [0.3, 0.4) is 0 Å². The lowest BCUT2D eigenvalue weighted by Gasteiger charge is -2.15. The van der Waals surface area contributed by atoms with Crippen LogP contribution >= 0.6 is 27.5 Å². The highest BCUT2D eigenvalue weighted by atomic mass is 79.9. The molecular weight excluding hydrogens is 476 g/mol. The second-order valence-electron chi connectivity index (χ2n) is 6.20. The zero-order chi connectivity index (χ0) is 21.5. The number of nitrogens with one attached hydrogen (secondary N) is 2. The molecule has 1 aromatic heterocycles. The van der Waals surface area contributed by atoms with Crippen LogP contribution in [-0.4, -0.2) is 41.1 Å². The third-order valence-electron chi connectivity index (χ3n) is 3.89. The molecule has 0 radical (unpaired) electrons. The Labute approximate surface area is 186 Å². The summed E-state index contributed by atoms with van der Waals surface area (Å²) < 4.78 is 11.4.